The maximum atomic E-state index is 12.1. The Balaban J connectivity index is 2.10. The van der Waals surface area contributed by atoms with Crippen molar-refractivity contribution in [1.82, 2.24) is 4.90 Å². The van der Waals surface area contributed by atoms with Gasteiger partial charge in [0.1, 0.15) is 0 Å². The van der Waals surface area contributed by atoms with E-state index in [1.54, 1.807) is 18.1 Å². The van der Waals surface area contributed by atoms with E-state index in [9.17, 15) is 9.90 Å². The summed E-state index contributed by atoms with van der Waals surface area (Å²) in [6.45, 7) is 1.57. The number of hydrogen-bond donors (Lipinski definition) is 1. The smallest absolute Gasteiger partial charge is 0.253 e. The number of carbonyl (C=O) groups excluding carboxylic acids is 1. The Morgan fingerprint density at radius 3 is 3.06 bits per heavy atom. The summed E-state index contributed by atoms with van der Waals surface area (Å²) in [7, 11) is 1.63. The molecule has 0 aromatic heterocycles. The van der Waals surface area contributed by atoms with Crippen LogP contribution in [0.1, 0.15) is 22.3 Å². The van der Waals surface area contributed by atoms with Crippen molar-refractivity contribution in [3.8, 4) is 0 Å². The molecule has 1 fully saturated rings. The third-order valence-corrected chi connectivity index (χ3v) is 2.94. The van der Waals surface area contributed by atoms with Crippen molar-refractivity contribution in [3.63, 3.8) is 0 Å². The van der Waals surface area contributed by atoms with Crippen molar-refractivity contribution in [2.75, 3.05) is 20.2 Å². The first-order chi connectivity index (χ1) is 8.20. The van der Waals surface area contributed by atoms with Gasteiger partial charge in [0.05, 0.1) is 12.7 Å². The Hall–Kier alpha value is -1.39. The molecule has 1 aliphatic rings. The van der Waals surface area contributed by atoms with E-state index in [2.05, 4.69) is 0 Å². The fraction of sp³-hybridized carbons (Fsp3) is 0.462. The predicted octanol–water partition coefficient (Wildman–Crippen LogP) is 1.04. The second-order valence-electron chi connectivity index (χ2n) is 4.33. The van der Waals surface area contributed by atoms with Crippen LogP contribution in [0.15, 0.2) is 24.3 Å². The molecule has 1 atom stereocenters. The Morgan fingerprint density at radius 2 is 2.41 bits per heavy atom. The summed E-state index contributed by atoms with van der Waals surface area (Å²) in [5.41, 5.74) is 1.65. The van der Waals surface area contributed by atoms with Crippen LogP contribution in [0.3, 0.4) is 0 Å². The van der Waals surface area contributed by atoms with Crippen molar-refractivity contribution in [3.05, 3.63) is 35.4 Å². The molecule has 0 radical (unpaired) electrons. The average molecular weight is 235 g/mol. The van der Waals surface area contributed by atoms with E-state index in [1.165, 1.54) is 0 Å². The quantitative estimate of drug-likeness (QED) is 0.851. The van der Waals surface area contributed by atoms with Crippen LogP contribution in [-0.4, -0.2) is 42.2 Å². The summed E-state index contributed by atoms with van der Waals surface area (Å²) in [4.78, 5) is 13.8. The van der Waals surface area contributed by atoms with Crippen molar-refractivity contribution in [2.45, 2.75) is 19.1 Å². The molecule has 17 heavy (non-hydrogen) atoms. The van der Waals surface area contributed by atoms with Gasteiger partial charge in [-0.3, -0.25) is 4.79 Å². The maximum absolute atomic E-state index is 12.1. The third kappa shape index (κ3) is 2.84. The van der Waals surface area contributed by atoms with Crippen molar-refractivity contribution in [2.24, 2.45) is 0 Å². The molecule has 1 amide bonds. The van der Waals surface area contributed by atoms with Gasteiger partial charge in [-0.15, -0.1) is 0 Å². The highest BCUT2D eigenvalue weighted by Crippen LogP contribution is 2.14. The van der Waals surface area contributed by atoms with Crippen LogP contribution in [0.25, 0.3) is 0 Å². The minimum absolute atomic E-state index is 0.0143. The van der Waals surface area contributed by atoms with E-state index in [4.69, 9.17) is 4.74 Å². The lowest BCUT2D eigenvalue weighted by atomic mass is 10.1. The van der Waals surface area contributed by atoms with E-state index in [-0.39, 0.29) is 12.0 Å². The number of benzene rings is 1. The van der Waals surface area contributed by atoms with Crippen LogP contribution in [-0.2, 0) is 11.3 Å². The number of aliphatic hydroxyl groups excluding tert-OH is 1. The molecule has 2 rings (SSSR count). The Morgan fingerprint density at radius 1 is 1.59 bits per heavy atom. The summed E-state index contributed by atoms with van der Waals surface area (Å²) < 4.78 is 5.04. The van der Waals surface area contributed by atoms with Gasteiger partial charge in [-0.2, -0.15) is 0 Å². The van der Waals surface area contributed by atoms with Gasteiger partial charge in [-0.25, -0.2) is 0 Å². The number of β-amino-alcohol motifs (C(OH)–C–C–N with tert-alkyl or cyclic N) is 1. The lowest BCUT2D eigenvalue weighted by Gasteiger charge is -2.15. The van der Waals surface area contributed by atoms with Gasteiger partial charge in [0, 0.05) is 25.8 Å². The highest BCUT2D eigenvalue weighted by atomic mass is 16.5. The predicted molar refractivity (Wildman–Crippen MR) is 63.7 cm³/mol. The lowest BCUT2D eigenvalue weighted by Crippen LogP contribution is -2.29. The molecule has 1 heterocycles. The molecule has 0 unspecified atom stereocenters. The Labute approximate surface area is 101 Å². The number of hydrogen-bond acceptors (Lipinski definition) is 3. The first-order valence-corrected chi connectivity index (χ1v) is 5.76. The van der Waals surface area contributed by atoms with Gasteiger partial charge < -0.3 is 14.7 Å². The molecule has 1 aromatic carbocycles. The van der Waals surface area contributed by atoms with Gasteiger partial charge >= 0.3 is 0 Å². The number of carbonyl (C=O) groups is 1. The summed E-state index contributed by atoms with van der Waals surface area (Å²) in [6.07, 6.45) is 0.296. The van der Waals surface area contributed by atoms with E-state index in [0.717, 1.165) is 5.56 Å². The number of ether oxygens (including phenoxy) is 1. The molecule has 0 spiro atoms. The van der Waals surface area contributed by atoms with Gasteiger partial charge in [-0.1, -0.05) is 12.1 Å². The molecule has 1 aromatic rings. The molecular formula is C13H17NO3. The molecule has 0 saturated carbocycles. The van der Waals surface area contributed by atoms with Gasteiger partial charge in [0.15, 0.2) is 0 Å². The van der Waals surface area contributed by atoms with Crippen molar-refractivity contribution < 1.29 is 14.6 Å². The molecule has 1 saturated heterocycles. The Bertz CT molecular complexity index is 405. The van der Waals surface area contributed by atoms with Crippen LogP contribution in [0, 0.1) is 0 Å². The lowest BCUT2D eigenvalue weighted by molar-refractivity contribution is 0.0764. The normalized spacial score (nSPS) is 19.6. The van der Waals surface area contributed by atoms with E-state index in [0.29, 0.717) is 31.7 Å². The standard InChI is InChI=1S/C13H17NO3/c1-17-9-10-3-2-4-11(7-10)13(16)14-6-5-12(15)8-14/h2-4,7,12,15H,5-6,8-9H2,1H3/t12-/m1/s1. The number of rotatable bonds is 3. The fourth-order valence-electron chi connectivity index (χ4n) is 2.07. The van der Waals surface area contributed by atoms with E-state index >= 15 is 0 Å². The summed E-state index contributed by atoms with van der Waals surface area (Å²) in [5, 5.41) is 9.42. The molecule has 4 heteroatoms. The maximum Gasteiger partial charge on any atom is 0.253 e. The minimum Gasteiger partial charge on any atom is -0.391 e. The zero-order valence-corrected chi connectivity index (χ0v) is 9.93. The molecule has 4 nitrogen and oxygen atoms in total. The zero-order valence-electron chi connectivity index (χ0n) is 9.93. The van der Waals surface area contributed by atoms with Crippen molar-refractivity contribution >= 4 is 5.91 Å². The third-order valence-electron chi connectivity index (χ3n) is 2.94. The first-order valence-electron chi connectivity index (χ1n) is 5.76. The van der Waals surface area contributed by atoms with Gasteiger partial charge in [0.25, 0.3) is 5.91 Å². The summed E-state index contributed by atoms with van der Waals surface area (Å²) >= 11 is 0. The van der Waals surface area contributed by atoms with E-state index < -0.39 is 0 Å². The Kier molecular flexibility index (Phi) is 3.76. The highest BCUT2D eigenvalue weighted by molar-refractivity contribution is 5.94. The topological polar surface area (TPSA) is 49.8 Å². The molecule has 0 aliphatic carbocycles. The van der Waals surface area contributed by atoms with Crippen LogP contribution in [0.5, 0.6) is 0 Å². The van der Waals surface area contributed by atoms with Crippen molar-refractivity contribution in [1.29, 1.82) is 0 Å². The van der Waals surface area contributed by atoms with Crippen LogP contribution >= 0.6 is 0 Å². The first kappa shape index (κ1) is 12.1. The minimum atomic E-state index is -0.374. The molecule has 92 valence electrons. The van der Waals surface area contributed by atoms with Gasteiger partial charge in [0.2, 0.25) is 0 Å². The largest absolute Gasteiger partial charge is 0.391 e. The van der Waals surface area contributed by atoms with Gasteiger partial charge in [-0.05, 0) is 24.1 Å². The second-order valence-corrected chi connectivity index (χ2v) is 4.33. The molecule has 1 aliphatic heterocycles. The van der Waals surface area contributed by atoms with Crippen LogP contribution in [0.4, 0.5) is 0 Å². The number of aliphatic hydroxyl groups is 1. The highest BCUT2D eigenvalue weighted by Gasteiger charge is 2.25. The summed E-state index contributed by atoms with van der Waals surface area (Å²) in [6, 6.07) is 7.43. The fourth-order valence-corrected chi connectivity index (χ4v) is 2.07. The molecule has 1 N–H and O–H groups in total. The number of amides is 1. The molecule has 0 bridgehead atoms. The van der Waals surface area contributed by atoms with Crippen LogP contribution in [0.2, 0.25) is 0 Å². The monoisotopic (exact) mass is 235 g/mol. The van der Waals surface area contributed by atoms with E-state index in [1.807, 2.05) is 18.2 Å². The SMILES string of the molecule is COCc1cccc(C(=O)N2CC[C@@H](O)C2)c1. The van der Waals surface area contributed by atoms with Crippen LogP contribution < -0.4 is 0 Å². The average Bonchev–Trinajstić information content (AvgIpc) is 2.76. The number of likely N-dealkylation sites (tertiary alicyclic amines) is 1. The number of nitrogens with zero attached hydrogens (tertiary/aromatic N) is 1. The molecular weight excluding hydrogens is 218 g/mol. The number of methoxy groups -OCH3 is 1. The zero-order chi connectivity index (χ0) is 12.3. The second kappa shape index (κ2) is 5.29. The summed E-state index contributed by atoms with van der Waals surface area (Å²) in [5.74, 6) is -0.0143.